The molecular formula is C23H28N2O3. The number of hydrogen-bond donors (Lipinski definition) is 2. The fourth-order valence-corrected chi connectivity index (χ4v) is 3.50. The summed E-state index contributed by atoms with van der Waals surface area (Å²) < 4.78 is 5.13. The average molecular weight is 380 g/mol. The van der Waals surface area contributed by atoms with Crippen molar-refractivity contribution in [3.63, 3.8) is 0 Å². The van der Waals surface area contributed by atoms with Crippen molar-refractivity contribution in [3.05, 3.63) is 65.2 Å². The normalized spacial score (nSPS) is 14.3. The van der Waals surface area contributed by atoms with E-state index < -0.39 is 0 Å². The van der Waals surface area contributed by atoms with Crippen molar-refractivity contribution in [1.82, 2.24) is 10.6 Å². The third-order valence-electron chi connectivity index (χ3n) is 5.27. The standard InChI is InChI=1S/C23H28N2O3/c1-28-21-13-9-18(10-14-21)16-25-23(27)20-11-7-17(8-12-20)15-24-22(26)19-5-3-2-4-6-19/h7-14,19H,2-6,15-16H2,1H3,(H,24,26)(H,25,27). The molecule has 0 unspecified atom stereocenters. The molecule has 148 valence electrons. The van der Waals surface area contributed by atoms with E-state index in [1.165, 1.54) is 6.42 Å². The molecule has 0 aliphatic heterocycles. The summed E-state index contributed by atoms with van der Waals surface area (Å²) in [7, 11) is 1.63. The second-order valence-electron chi connectivity index (χ2n) is 7.28. The van der Waals surface area contributed by atoms with Crippen molar-refractivity contribution >= 4 is 11.8 Å². The van der Waals surface area contributed by atoms with Gasteiger partial charge in [-0.05, 0) is 48.2 Å². The summed E-state index contributed by atoms with van der Waals surface area (Å²) in [5, 5.41) is 5.94. The molecule has 0 bridgehead atoms. The number of carbonyl (C=O) groups is 2. The molecule has 1 aliphatic carbocycles. The summed E-state index contributed by atoms with van der Waals surface area (Å²) in [6.07, 6.45) is 5.54. The minimum absolute atomic E-state index is 0.117. The van der Waals surface area contributed by atoms with Gasteiger partial charge in [0, 0.05) is 24.6 Å². The van der Waals surface area contributed by atoms with Gasteiger partial charge >= 0.3 is 0 Å². The van der Waals surface area contributed by atoms with Crippen LogP contribution in [-0.2, 0) is 17.9 Å². The summed E-state index contributed by atoms with van der Waals surface area (Å²) in [5.41, 5.74) is 2.61. The number of methoxy groups -OCH3 is 1. The second kappa shape index (κ2) is 9.93. The first-order valence-electron chi connectivity index (χ1n) is 9.93. The van der Waals surface area contributed by atoms with Gasteiger partial charge in [0.05, 0.1) is 7.11 Å². The van der Waals surface area contributed by atoms with Crippen molar-refractivity contribution in [2.75, 3.05) is 7.11 Å². The Bertz CT molecular complexity index is 778. The molecule has 28 heavy (non-hydrogen) atoms. The Kier molecular flexibility index (Phi) is 7.06. The Morgan fingerprint density at radius 3 is 2.04 bits per heavy atom. The van der Waals surface area contributed by atoms with Crippen LogP contribution in [0.5, 0.6) is 5.75 Å². The Hall–Kier alpha value is -2.82. The zero-order valence-corrected chi connectivity index (χ0v) is 16.4. The molecule has 1 saturated carbocycles. The van der Waals surface area contributed by atoms with E-state index >= 15 is 0 Å². The SMILES string of the molecule is COc1ccc(CNC(=O)c2ccc(CNC(=O)C3CCCCC3)cc2)cc1. The lowest BCUT2D eigenvalue weighted by atomic mass is 9.88. The Labute approximate surface area is 166 Å². The van der Waals surface area contributed by atoms with Crippen molar-refractivity contribution < 1.29 is 14.3 Å². The summed E-state index contributed by atoms with van der Waals surface area (Å²) in [6, 6.07) is 15.0. The lowest BCUT2D eigenvalue weighted by Crippen LogP contribution is -2.31. The molecule has 2 aromatic rings. The third-order valence-corrected chi connectivity index (χ3v) is 5.27. The Balaban J connectivity index is 1.46. The molecule has 0 spiro atoms. The van der Waals surface area contributed by atoms with E-state index in [1.54, 1.807) is 19.2 Å². The van der Waals surface area contributed by atoms with Crippen LogP contribution in [0.4, 0.5) is 0 Å². The fourth-order valence-electron chi connectivity index (χ4n) is 3.50. The highest BCUT2D eigenvalue weighted by atomic mass is 16.5. The maximum absolute atomic E-state index is 12.3. The predicted octanol–water partition coefficient (Wildman–Crippen LogP) is 3.82. The molecule has 0 saturated heterocycles. The maximum atomic E-state index is 12.3. The minimum Gasteiger partial charge on any atom is -0.497 e. The third kappa shape index (κ3) is 5.59. The first kappa shape index (κ1) is 19.9. The van der Waals surface area contributed by atoms with E-state index in [0.717, 1.165) is 42.6 Å². The number of benzene rings is 2. The largest absolute Gasteiger partial charge is 0.497 e. The molecule has 5 heteroatoms. The molecule has 0 atom stereocenters. The topological polar surface area (TPSA) is 67.4 Å². The van der Waals surface area contributed by atoms with Crippen molar-refractivity contribution in [2.45, 2.75) is 45.2 Å². The fraction of sp³-hybridized carbons (Fsp3) is 0.391. The molecule has 0 heterocycles. The first-order valence-corrected chi connectivity index (χ1v) is 9.93. The number of carbonyl (C=O) groups excluding carboxylic acids is 2. The predicted molar refractivity (Wildman–Crippen MR) is 109 cm³/mol. The zero-order valence-electron chi connectivity index (χ0n) is 16.4. The van der Waals surface area contributed by atoms with Crippen LogP contribution in [0.3, 0.4) is 0 Å². The van der Waals surface area contributed by atoms with Gasteiger partial charge in [0.15, 0.2) is 0 Å². The highest BCUT2D eigenvalue weighted by molar-refractivity contribution is 5.94. The molecule has 5 nitrogen and oxygen atoms in total. The summed E-state index contributed by atoms with van der Waals surface area (Å²) >= 11 is 0. The molecule has 2 N–H and O–H groups in total. The molecule has 0 radical (unpaired) electrons. The van der Waals surface area contributed by atoms with Crippen LogP contribution in [-0.4, -0.2) is 18.9 Å². The lowest BCUT2D eigenvalue weighted by Gasteiger charge is -2.20. The van der Waals surface area contributed by atoms with E-state index in [4.69, 9.17) is 4.74 Å². The number of rotatable bonds is 7. The second-order valence-corrected chi connectivity index (χ2v) is 7.28. The molecule has 0 aromatic heterocycles. The number of hydrogen-bond acceptors (Lipinski definition) is 3. The van der Waals surface area contributed by atoms with Gasteiger partial charge in [-0.3, -0.25) is 9.59 Å². The quantitative estimate of drug-likeness (QED) is 0.767. The van der Waals surface area contributed by atoms with E-state index in [0.29, 0.717) is 18.7 Å². The van der Waals surface area contributed by atoms with Gasteiger partial charge in [-0.1, -0.05) is 43.5 Å². The monoisotopic (exact) mass is 380 g/mol. The molecule has 3 rings (SSSR count). The van der Waals surface area contributed by atoms with E-state index in [2.05, 4.69) is 10.6 Å². The smallest absolute Gasteiger partial charge is 0.251 e. The number of ether oxygens (including phenoxy) is 1. The molecule has 1 aliphatic rings. The van der Waals surface area contributed by atoms with Crippen LogP contribution >= 0.6 is 0 Å². The Morgan fingerprint density at radius 2 is 1.43 bits per heavy atom. The van der Waals surface area contributed by atoms with Gasteiger partial charge in [0.2, 0.25) is 5.91 Å². The van der Waals surface area contributed by atoms with E-state index in [1.807, 2.05) is 36.4 Å². The lowest BCUT2D eigenvalue weighted by molar-refractivity contribution is -0.126. The highest BCUT2D eigenvalue weighted by Gasteiger charge is 2.20. The van der Waals surface area contributed by atoms with Gasteiger partial charge in [-0.15, -0.1) is 0 Å². The van der Waals surface area contributed by atoms with Crippen LogP contribution in [0.25, 0.3) is 0 Å². The number of nitrogens with one attached hydrogen (secondary N) is 2. The van der Waals surface area contributed by atoms with Crippen LogP contribution in [0.2, 0.25) is 0 Å². The number of amides is 2. The van der Waals surface area contributed by atoms with E-state index in [-0.39, 0.29) is 17.7 Å². The van der Waals surface area contributed by atoms with Crippen LogP contribution in [0.15, 0.2) is 48.5 Å². The summed E-state index contributed by atoms with van der Waals surface area (Å²) in [5.74, 6) is 0.993. The van der Waals surface area contributed by atoms with Crippen LogP contribution in [0, 0.1) is 5.92 Å². The van der Waals surface area contributed by atoms with E-state index in [9.17, 15) is 9.59 Å². The summed E-state index contributed by atoms with van der Waals surface area (Å²) in [4.78, 5) is 24.5. The van der Waals surface area contributed by atoms with Gasteiger partial charge in [0.25, 0.3) is 5.91 Å². The van der Waals surface area contributed by atoms with Gasteiger partial charge < -0.3 is 15.4 Å². The van der Waals surface area contributed by atoms with Gasteiger partial charge in [-0.25, -0.2) is 0 Å². The zero-order chi connectivity index (χ0) is 19.8. The van der Waals surface area contributed by atoms with Crippen molar-refractivity contribution in [3.8, 4) is 5.75 Å². The molecule has 2 amide bonds. The van der Waals surface area contributed by atoms with Gasteiger partial charge in [0.1, 0.15) is 5.75 Å². The molecule has 2 aromatic carbocycles. The maximum Gasteiger partial charge on any atom is 0.251 e. The molecular weight excluding hydrogens is 352 g/mol. The van der Waals surface area contributed by atoms with Gasteiger partial charge in [-0.2, -0.15) is 0 Å². The molecule has 1 fully saturated rings. The summed E-state index contributed by atoms with van der Waals surface area (Å²) in [6.45, 7) is 0.963. The van der Waals surface area contributed by atoms with Crippen molar-refractivity contribution in [1.29, 1.82) is 0 Å². The average Bonchev–Trinajstić information content (AvgIpc) is 2.77. The highest BCUT2D eigenvalue weighted by Crippen LogP contribution is 2.23. The van der Waals surface area contributed by atoms with Crippen molar-refractivity contribution in [2.24, 2.45) is 5.92 Å². The minimum atomic E-state index is -0.117. The Morgan fingerprint density at radius 1 is 0.857 bits per heavy atom. The van der Waals surface area contributed by atoms with Crippen LogP contribution in [0.1, 0.15) is 53.6 Å². The van der Waals surface area contributed by atoms with Crippen LogP contribution < -0.4 is 15.4 Å². The first-order chi connectivity index (χ1) is 13.7.